The van der Waals surface area contributed by atoms with Gasteiger partial charge < -0.3 is 0 Å². The average molecular weight is 374 g/mol. The van der Waals surface area contributed by atoms with E-state index in [4.69, 9.17) is 0 Å². The molecule has 4 aromatic rings. The third kappa shape index (κ3) is 3.36. The van der Waals surface area contributed by atoms with Gasteiger partial charge in [-0.1, -0.05) is 36.4 Å². The zero-order chi connectivity index (χ0) is 17.9. The molecule has 3 nitrogen and oxygen atoms in total. The SMILES string of the molecule is Sc1ccccc1-c1ccnc(-c2nccc(-c3ccccc3S)n2)c1. The van der Waals surface area contributed by atoms with E-state index in [1.54, 1.807) is 12.4 Å². The van der Waals surface area contributed by atoms with Gasteiger partial charge in [0.25, 0.3) is 0 Å². The smallest absolute Gasteiger partial charge is 0.178 e. The molecule has 0 saturated heterocycles. The van der Waals surface area contributed by atoms with Gasteiger partial charge in [0.05, 0.1) is 5.69 Å². The number of pyridine rings is 1. The van der Waals surface area contributed by atoms with Crippen LogP contribution in [0.25, 0.3) is 33.9 Å². The third-order valence-electron chi connectivity index (χ3n) is 4.04. The molecule has 4 rings (SSSR count). The summed E-state index contributed by atoms with van der Waals surface area (Å²) in [7, 11) is 0. The molecular formula is C21H15N3S2. The molecule has 0 spiro atoms. The summed E-state index contributed by atoms with van der Waals surface area (Å²) >= 11 is 9.07. The van der Waals surface area contributed by atoms with Crippen molar-refractivity contribution in [2.24, 2.45) is 0 Å². The van der Waals surface area contributed by atoms with Gasteiger partial charge in [-0.25, -0.2) is 9.97 Å². The van der Waals surface area contributed by atoms with Crippen molar-refractivity contribution in [3.05, 3.63) is 79.1 Å². The fourth-order valence-electron chi connectivity index (χ4n) is 2.76. The van der Waals surface area contributed by atoms with Crippen LogP contribution >= 0.6 is 25.3 Å². The van der Waals surface area contributed by atoms with Gasteiger partial charge in [0, 0.05) is 27.7 Å². The number of hydrogen-bond acceptors (Lipinski definition) is 5. The van der Waals surface area contributed by atoms with Crippen LogP contribution < -0.4 is 0 Å². The van der Waals surface area contributed by atoms with Crippen molar-refractivity contribution in [1.29, 1.82) is 0 Å². The molecule has 0 radical (unpaired) electrons. The van der Waals surface area contributed by atoms with Crippen molar-refractivity contribution in [1.82, 2.24) is 15.0 Å². The fourth-order valence-corrected chi connectivity index (χ4v) is 3.33. The molecule has 0 aliphatic rings. The Balaban J connectivity index is 1.78. The molecule has 0 aliphatic heterocycles. The first kappa shape index (κ1) is 16.8. The van der Waals surface area contributed by atoms with E-state index in [0.717, 1.165) is 37.9 Å². The number of nitrogens with zero attached hydrogens (tertiary/aromatic N) is 3. The predicted molar refractivity (Wildman–Crippen MR) is 111 cm³/mol. The first-order chi connectivity index (χ1) is 12.7. The lowest BCUT2D eigenvalue weighted by Gasteiger charge is -2.08. The van der Waals surface area contributed by atoms with Crippen LogP contribution in [-0.4, -0.2) is 15.0 Å². The Labute approximate surface area is 163 Å². The van der Waals surface area contributed by atoms with Crippen molar-refractivity contribution in [2.75, 3.05) is 0 Å². The van der Waals surface area contributed by atoms with Crippen molar-refractivity contribution >= 4 is 25.3 Å². The van der Waals surface area contributed by atoms with Crippen LogP contribution in [0, 0.1) is 0 Å². The summed E-state index contributed by atoms with van der Waals surface area (Å²) < 4.78 is 0. The Bertz CT molecular complexity index is 993. The molecule has 0 bridgehead atoms. The summed E-state index contributed by atoms with van der Waals surface area (Å²) in [6.07, 6.45) is 3.52. The third-order valence-corrected chi connectivity index (χ3v) is 4.82. The standard InChI is InChI=1S/C21H15N3S2/c25-19-7-3-1-5-15(19)14-9-11-22-18(13-14)21-23-12-10-17(24-21)16-6-2-4-8-20(16)26/h1-13,25-26H. The van der Waals surface area contributed by atoms with Crippen molar-refractivity contribution < 1.29 is 0 Å². The maximum Gasteiger partial charge on any atom is 0.178 e. The summed E-state index contributed by atoms with van der Waals surface area (Å²) in [6, 6.07) is 21.7. The molecule has 0 atom stereocenters. The molecule has 5 heteroatoms. The first-order valence-electron chi connectivity index (χ1n) is 8.08. The van der Waals surface area contributed by atoms with Gasteiger partial charge in [-0.3, -0.25) is 4.98 Å². The summed E-state index contributed by atoms with van der Waals surface area (Å²) in [6.45, 7) is 0. The van der Waals surface area contributed by atoms with Crippen LogP contribution in [0.4, 0.5) is 0 Å². The normalized spacial score (nSPS) is 10.7. The summed E-state index contributed by atoms with van der Waals surface area (Å²) in [5.74, 6) is 0.581. The Morgan fingerprint density at radius 2 is 1.27 bits per heavy atom. The van der Waals surface area contributed by atoms with Crippen molar-refractivity contribution in [3.8, 4) is 33.9 Å². The lowest BCUT2D eigenvalue weighted by atomic mass is 10.1. The molecule has 0 aliphatic carbocycles. The van der Waals surface area contributed by atoms with E-state index in [1.165, 1.54) is 0 Å². The minimum absolute atomic E-state index is 0.581. The number of thiol groups is 2. The maximum absolute atomic E-state index is 4.69. The van der Waals surface area contributed by atoms with E-state index in [2.05, 4.69) is 40.2 Å². The largest absolute Gasteiger partial charge is 0.253 e. The molecule has 126 valence electrons. The highest BCUT2D eigenvalue weighted by Crippen LogP contribution is 2.29. The Kier molecular flexibility index (Phi) is 4.73. The zero-order valence-corrected chi connectivity index (χ0v) is 15.5. The second kappa shape index (κ2) is 7.32. The van der Waals surface area contributed by atoms with Gasteiger partial charge in [0.1, 0.15) is 5.69 Å². The number of benzene rings is 2. The molecule has 0 fully saturated rings. The summed E-state index contributed by atoms with van der Waals surface area (Å²) in [5.41, 5.74) is 4.59. The molecular weight excluding hydrogens is 358 g/mol. The fraction of sp³-hybridized carbons (Fsp3) is 0. The molecule has 0 unspecified atom stereocenters. The summed E-state index contributed by atoms with van der Waals surface area (Å²) in [4.78, 5) is 15.3. The highest BCUT2D eigenvalue weighted by Gasteiger charge is 2.10. The van der Waals surface area contributed by atoms with Crippen LogP contribution in [0.1, 0.15) is 0 Å². The molecule has 0 amide bonds. The molecule has 0 N–H and O–H groups in total. The van der Waals surface area contributed by atoms with Gasteiger partial charge in [-0.2, -0.15) is 0 Å². The second-order valence-corrected chi connectivity index (χ2v) is 6.69. The van der Waals surface area contributed by atoms with Crippen LogP contribution in [0.2, 0.25) is 0 Å². The van der Waals surface area contributed by atoms with Gasteiger partial charge in [-0.15, -0.1) is 25.3 Å². The van der Waals surface area contributed by atoms with Gasteiger partial charge in [0.2, 0.25) is 0 Å². The molecule has 2 aromatic heterocycles. The van der Waals surface area contributed by atoms with Crippen molar-refractivity contribution in [2.45, 2.75) is 9.79 Å². The number of rotatable bonds is 3. The lowest BCUT2D eigenvalue weighted by molar-refractivity contribution is 1.14. The molecule has 2 heterocycles. The Hall–Kier alpha value is -2.63. The van der Waals surface area contributed by atoms with E-state index < -0.39 is 0 Å². The number of hydrogen-bond donors (Lipinski definition) is 2. The Morgan fingerprint density at radius 1 is 0.615 bits per heavy atom. The molecule has 0 saturated carbocycles. The van der Waals surface area contributed by atoms with Crippen LogP contribution in [0.3, 0.4) is 0 Å². The van der Waals surface area contributed by atoms with E-state index in [9.17, 15) is 0 Å². The maximum atomic E-state index is 4.69. The lowest BCUT2D eigenvalue weighted by Crippen LogP contribution is -1.94. The first-order valence-corrected chi connectivity index (χ1v) is 8.98. The molecule has 26 heavy (non-hydrogen) atoms. The summed E-state index contributed by atoms with van der Waals surface area (Å²) in [5, 5.41) is 0. The van der Waals surface area contributed by atoms with Crippen molar-refractivity contribution in [3.63, 3.8) is 0 Å². The van der Waals surface area contributed by atoms with E-state index in [1.807, 2.05) is 66.7 Å². The minimum Gasteiger partial charge on any atom is -0.253 e. The zero-order valence-electron chi connectivity index (χ0n) is 13.7. The quantitative estimate of drug-likeness (QED) is 0.469. The van der Waals surface area contributed by atoms with E-state index in [0.29, 0.717) is 5.82 Å². The van der Waals surface area contributed by atoms with Crippen LogP contribution in [0.15, 0.2) is 88.9 Å². The van der Waals surface area contributed by atoms with E-state index >= 15 is 0 Å². The topological polar surface area (TPSA) is 38.7 Å². The highest BCUT2D eigenvalue weighted by atomic mass is 32.1. The second-order valence-electron chi connectivity index (χ2n) is 5.73. The molecule has 2 aromatic carbocycles. The van der Waals surface area contributed by atoms with Gasteiger partial charge in [0.15, 0.2) is 5.82 Å². The predicted octanol–water partition coefficient (Wildman–Crippen LogP) is 5.45. The minimum atomic E-state index is 0.581. The van der Waals surface area contributed by atoms with Crippen LogP contribution in [-0.2, 0) is 0 Å². The van der Waals surface area contributed by atoms with Gasteiger partial charge >= 0.3 is 0 Å². The highest BCUT2D eigenvalue weighted by molar-refractivity contribution is 7.80. The van der Waals surface area contributed by atoms with E-state index in [-0.39, 0.29) is 0 Å². The van der Waals surface area contributed by atoms with Crippen LogP contribution in [0.5, 0.6) is 0 Å². The number of aromatic nitrogens is 3. The average Bonchev–Trinajstić information content (AvgIpc) is 2.69. The Morgan fingerprint density at radius 3 is 2.00 bits per heavy atom. The van der Waals surface area contributed by atoms with Gasteiger partial charge in [-0.05, 0) is 41.5 Å². The monoisotopic (exact) mass is 373 g/mol.